The SMILES string of the molecule is CC(=O)c1c(OCCBr)c(OCCC(C)c2ccc(F)cc2)c2oc(C(F)F)nc2c1C. The zero-order valence-electron chi connectivity index (χ0n) is 17.9. The molecule has 0 bridgehead atoms. The van der Waals surface area contributed by atoms with Gasteiger partial charge in [-0.3, -0.25) is 4.79 Å². The van der Waals surface area contributed by atoms with Gasteiger partial charge < -0.3 is 13.9 Å². The first-order chi connectivity index (χ1) is 15.2. The number of ketones is 1. The number of rotatable bonds is 10. The third-order valence-corrected chi connectivity index (χ3v) is 5.44. The number of oxazole rings is 1. The van der Waals surface area contributed by atoms with Crippen molar-refractivity contribution in [3.63, 3.8) is 0 Å². The Hall–Kier alpha value is -2.55. The Balaban J connectivity index is 1.99. The van der Waals surface area contributed by atoms with Crippen molar-refractivity contribution in [2.24, 2.45) is 0 Å². The zero-order chi connectivity index (χ0) is 23.4. The molecule has 0 fully saturated rings. The maximum atomic E-state index is 13.3. The highest BCUT2D eigenvalue weighted by Crippen LogP contribution is 2.43. The zero-order valence-corrected chi connectivity index (χ0v) is 19.5. The van der Waals surface area contributed by atoms with Crippen molar-refractivity contribution in [3.05, 3.63) is 52.7 Å². The molecule has 3 aromatic rings. The van der Waals surface area contributed by atoms with Crippen molar-refractivity contribution in [3.8, 4) is 11.5 Å². The number of alkyl halides is 3. The molecule has 2 aromatic carbocycles. The van der Waals surface area contributed by atoms with Crippen LogP contribution in [0.2, 0.25) is 0 Å². The van der Waals surface area contributed by atoms with E-state index in [2.05, 4.69) is 20.9 Å². The summed E-state index contributed by atoms with van der Waals surface area (Å²) < 4.78 is 56.8. The molecule has 1 heterocycles. The van der Waals surface area contributed by atoms with Crippen LogP contribution >= 0.6 is 15.9 Å². The summed E-state index contributed by atoms with van der Waals surface area (Å²) in [6.45, 7) is 5.35. The fourth-order valence-electron chi connectivity index (χ4n) is 3.47. The summed E-state index contributed by atoms with van der Waals surface area (Å²) in [4.78, 5) is 16.3. The molecule has 0 aliphatic heterocycles. The van der Waals surface area contributed by atoms with Gasteiger partial charge in [-0.1, -0.05) is 35.0 Å². The van der Waals surface area contributed by atoms with Gasteiger partial charge in [0, 0.05) is 5.33 Å². The number of fused-ring (bicyclic) bond motifs is 1. The largest absolute Gasteiger partial charge is 0.488 e. The monoisotopic (exact) mass is 513 g/mol. The molecular weight excluding hydrogens is 491 g/mol. The molecule has 0 aliphatic rings. The van der Waals surface area contributed by atoms with Gasteiger partial charge in [-0.05, 0) is 49.4 Å². The van der Waals surface area contributed by atoms with Gasteiger partial charge in [0.1, 0.15) is 11.3 Å². The summed E-state index contributed by atoms with van der Waals surface area (Å²) in [5.41, 5.74) is 1.69. The number of aryl methyl sites for hydroxylation is 1. The summed E-state index contributed by atoms with van der Waals surface area (Å²) in [5, 5.41) is 0.487. The molecule has 0 radical (unpaired) electrons. The van der Waals surface area contributed by atoms with Gasteiger partial charge in [-0.2, -0.15) is 8.78 Å². The molecule has 9 heteroatoms. The highest BCUT2D eigenvalue weighted by Gasteiger charge is 2.28. The van der Waals surface area contributed by atoms with E-state index in [1.54, 1.807) is 19.1 Å². The second-order valence-corrected chi connectivity index (χ2v) is 8.17. The first-order valence-electron chi connectivity index (χ1n) is 10.1. The molecule has 32 heavy (non-hydrogen) atoms. The summed E-state index contributed by atoms with van der Waals surface area (Å²) in [6, 6.07) is 6.19. The molecule has 0 spiro atoms. The van der Waals surface area contributed by atoms with Gasteiger partial charge in [0.25, 0.3) is 5.89 Å². The Bertz CT molecular complexity index is 1100. The van der Waals surface area contributed by atoms with Crippen LogP contribution in [0.15, 0.2) is 28.7 Å². The van der Waals surface area contributed by atoms with E-state index in [1.165, 1.54) is 19.1 Å². The standard InChI is InChI=1S/C23H23BrF3NO4/c1-12(15-4-6-16(25)7-5-15)8-10-30-21-19(31-11-9-24)17(14(3)29)13(2)18-20(21)32-23(28-18)22(26)27/h4-7,12,22H,8-11H2,1-3H3. The first kappa shape index (κ1) is 24.1. The minimum atomic E-state index is -2.92. The highest BCUT2D eigenvalue weighted by molar-refractivity contribution is 9.09. The van der Waals surface area contributed by atoms with Crippen molar-refractivity contribution < 1.29 is 31.9 Å². The second-order valence-electron chi connectivity index (χ2n) is 7.37. The maximum absolute atomic E-state index is 13.3. The molecule has 5 nitrogen and oxygen atoms in total. The van der Waals surface area contributed by atoms with Gasteiger partial charge in [-0.25, -0.2) is 9.37 Å². The van der Waals surface area contributed by atoms with Crippen molar-refractivity contribution >= 4 is 32.8 Å². The first-order valence-corrected chi connectivity index (χ1v) is 11.2. The van der Waals surface area contributed by atoms with Crippen LogP contribution < -0.4 is 9.47 Å². The van der Waals surface area contributed by atoms with Gasteiger partial charge in [-0.15, -0.1) is 0 Å². The summed E-state index contributed by atoms with van der Waals surface area (Å²) >= 11 is 3.27. The lowest BCUT2D eigenvalue weighted by Gasteiger charge is -2.18. The van der Waals surface area contributed by atoms with Gasteiger partial charge >= 0.3 is 6.43 Å². The maximum Gasteiger partial charge on any atom is 0.313 e. The quantitative estimate of drug-likeness (QED) is 0.221. The van der Waals surface area contributed by atoms with Gasteiger partial charge in [0.2, 0.25) is 11.3 Å². The topological polar surface area (TPSA) is 61.6 Å². The smallest absolute Gasteiger partial charge is 0.313 e. The van der Waals surface area contributed by atoms with Crippen LogP contribution in [0, 0.1) is 12.7 Å². The van der Waals surface area contributed by atoms with E-state index in [-0.39, 0.29) is 58.9 Å². The number of carbonyl (C=O) groups is 1. The Morgan fingerprint density at radius 2 is 1.81 bits per heavy atom. The van der Waals surface area contributed by atoms with Crippen LogP contribution in [0.3, 0.4) is 0 Å². The van der Waals surface area contributed by atoms with Gasteiger partial charge in [0.05, 0.1) is 18.8 Å². The molecule has 0 N–H and O–H groups in total. The fraction of sp³-hybridized carbons (Fsp3) is 0.391. The lowest BCUT2D eigenvalue weighted by molar-refractivity contribution is 0.101. The van der Waals surface area contributed by atoms with Crippen LogP contribution in [0.1, 0.15) is 60.0 Å². The number of Topliss-reactive ketones (excluding diaryl/α,β-unsaturated/α-hetero) is 1. The number of benzene rings is 2. The minimum Gasteiger partial charge on any atom is -0.488 e. The van der Waals surface area contributed by atoms with Crippen LogP contribution in [0.25, 0.3) is 11.1 Å². The minimum absolute atomic E-state index is 0.0156. The van der Waals surface area contributed by atoms with Crippen molar-refractivity contribution in [1.29, 1.82) is 0 Å². The van der Waals surface area contributed by atoms with E-state index in [4.69, 9.17) is 13.9 Å². The average molecular weight is 514 g/mol. The van der Waals surface area contributed by atoms with Crippen LogP contribution in [0.5, 0.6) is 11.5 Å². The Morgan fingerprint density at radius 1 is 1.16 bits per heavy atom. The summed E-state index contributed by atoms with van der Waals surface area (Å²) in [5.74, 6) is -1.11. The lowest BCUT2D eigenvalue weighted by Crippen LogP contribution is -2.10. The molecule has 1 unspecified atom stereocenters. The molecule has 3 rings (SSSR count). The third kappa shape index (κ3) is 5.09. The Labute approximate surface area is 192 Å². The fourth-order valence-corrected chi connectivity index (χ4v) is 3.63. The summed E-state index contributed by atoms with van der Waals surface area (Å²) in [6.07, 6.45) is -2.37. The van der Waals surface area contributed by atoms with E-state index in [1.807, 2.05) is 6.92 Å². The Kier molecular flexibility index (Phi) is 7.82. The highest BCUT2D eigenvalue weighted by atomic mass is 79.9. The van der Waals surface area contributed by atoms with E-state index in [9.17, 15) is 18.0 Å². The van der Waals surface area contributed by atoms with Crippen molar-refractivity contribution in [1.82, 2.24) is 4.98 Å². The lowest BCUT2D eigenvalue weighted by atomic mass is 9.98. The molecule has 0 saturated heterocycles. The number of aromatic nitrogens is 1. The number of ether oxygens (including phenoxy) is 2. The van der Waals surface area contributed by atoms with E-state index in [0.717, 1.165) is 5.56 Å². The van der Waals surface area contributed by atoms with Crippen LogP contribution in [-0.2, 0) is 0 Å². The summed E-state index contributed by atoms with van der Waals surface area (Å²) in [7, 11) is 0. The van der Waals surface area contributed by atoms with Crippen molar-refractivity contribution in [2.75, 3.05) is 18.5 Å². The predicted molar refractivity (Wildman–Crippen MR) is 118 cm³/mol. The molecular formula is C23H23BrF3NO4. The second kappa shape index (κ2) is 10.4. The molecule has 0 amide bonds. The predicted octanol–water partition coefficient (Wildman–Crippen LogP) is 6.76. The number of hydrogen-bond acceptors (Lipinski definition) is 5. The number of nitrogens with zero attached hydrogens (tertiary/aromatic N) is 1. The number of hydrogen-bond donors (Lipinski definition) is 0. The molecule has 0 aliphatic carbocycles. The molecule has 1 atom stereocenters. The molecule has 172 valence electrons. The van der Waals surface area contributed by atoms with E-state index < -0.39 is 12.3 Å². The van der Waals surface area contributed by atoms with Gasteiger partial charge in [0.15, 0.2) is 11.5 Å². The van der Waals surface area contributed by atoms with E-state index >= 15 is 0 Å². The van der Waals surface area contributed by atoms with Crippen LogP contribution in [-0.4, -0.2) is 29.3 Å². The number of carbonyl (C=O) groups excluding carboxylic acids is 1. The van der Waals surface area contributed by atoms with Crippen molar-refractivity contribution in [2.45, 2.75) is 39.5 Å². The van der Waals surface area contributed by atoms with Crippen LogP contribution in [0.4, 0.5) is 13.2 Å². The third-order valence-electron chi connectivity index (χ3n) is 5.11. The Morgan fingerprint density at radius 3 is 2.41 bits per heavy atom. The number of halogens is 4. The normalized spacial score (nSPS) is 12.4. The van der Waals surface area contributed by atoms with E-state index in [0.29, 0.717) is 17.3 Å². The molecule has 1 aromatic heterocycles. The molecule has 0 saturated carbocycles. The average Bonchev–Trinajstić information content (AvgIpc) is 3.20.